The smallest absolute Gasteiger partial charge is 0.157 e. The zero-order chi connectivity index (χ0) is 15.6. The van der Waals surface area contributed by atoms with Gasteiger partial charge in [0.15, 0.2) is 5.65 Å². The molecule has 0 fully saturated rings. The Kier molecular flexibility index (Phi) is 3.51. The molecule has 0 atom stereocenters. The van der Waals surface area contributed by atoms with Crippen LogP contribution >= 0.6 is 11.3 Å². The van der Waals surface area contributed by atoms with E-state index in [4.69, 9.17) is 0 Å². The van der Waals surface area contributed by atoms with Crippen LogP contribution < -0.4 is 5.32 Å². The number of imidazole rings is 1. The lowest BCUT2D eigenvalue weighted by atomic mass is 10.2. The molecule has 3 aromatic heterocycles. The van der Waals surface area contributed by atoms with Crippen LogP contribution in [0.3, 0.4) is 0 Å². The third-order valence-electron chi connectivity index (χ3n) is 3.56. The number of anilines is 1. The van der Waals surface area contributed by atoms with Gasteiger partial charge in [-0.05, 0) is 29.1 Å². The van der Waals surface area contributed by atoms with Gasteiger partial charge >= 0.3 is 0 Å². The zero-order valence-electron chi connectivity index (χ0n) is 12.1. The molecule has 6 heteroatoms. The van der Waals surface area contributed by atoms with Gasteiger partial charge < -0.3 is 5.32 Å². The second-order valence-electron chi connectivity index (χ2n) is 5.07. The van der Waals surface area contributed by atoms with Gasteiger partial charge in [-0.15, -0.1) is 11.3 Å². The number of benzene rings is 1. The second kappa shape index (κ2) is 5.81. The molecule has 0 saturated heterocycles. The third kappa shape index (κ3) is 2.68. The van der Waals surface area contributed by atoms with E-state index in [0.29, 0.717) is 6.54 Å². The van der Waals surface area contributed by atoms with Crippen LogP contribution in [0, 0.1) is 5.82 Å². The standard InChI is InChI=1S/C17H13FN4S/c18-13-5-3-12(4-6-13)10-20-17-16(14-2-1-9-23-14)21-15-11-19-7-8-22(15)17/h1-9,11,20H,10H2. The summed E-state index contributed by atoms with van der Waals surface area (Å²) in [5, 5.41) is 5.45. The minimum Gasteiger partial charge on any atom is -0.365 e. The molecule has 0 aliphatic rings. The summed E-state index contributed by atoms with van der Waals surface area (Å²) in [6.45, 7) is 0.592. The quantitative estimate of drug-likeness (QED) is 0.611. The molecule has 0 aliphatic heterocycles. The first-order valence-corrected chi connectivity index (χ1v) is 8.03. The average molecular weight is 324 g/mol. The van der Waals surface area contributed by atoms with Gasteiger partial charge in [0, 0.05) is 18.9 Å². The number of halogens is 1. The van der Waals surface area contributed by atoms with Gasteiger partial charge in [-0.3, -0.25) is 9.38 Å². The molecule has 0 unspecified atom stereocenters. The Bertz CT molecular complexity index is 929. The van der Waals surface area contributed by atoms with Crippen LogP contribution in [0.4, 0.5) is 10.2 Å². The number of fused-ring (bicyclic) bond motifs is 1. The molecule has 0 spiro atoms. The van der Waals surface area contributed by atoms with Crippen LogP contribution in [0.15, 0.2) is 60.4 Å². The van der Waals surface area contributed by atoms with E-state index in [1.807, 2.05) is 28.1 Å². The molecular formula is C17H13FN4S. The van der Waals surface area contributed by atoms with E-state index >= 15 is 0 Å². The second-order valence-corrected chi connectivity index (χ2v) is 6.02. The highest BCUT2D eigenvalue weighted by Gasteiger charge is 2.14. The molecule has 0 saturated carbocycles. The summed E-state index contributed by atoms with van der Waals surface area (Å²) in [5.41, 5.74) is 2.69. The first-order chi connectivity index (χ1) is 11.3. The zero-order valence-corrected chi connectivity index (χ0v) is 12.9. The van der Waals surface area contributed by atoms with Crippen LogP contribution in [-0.2, 0) is 6.54 Å². The largest absolute Gasteiger partial charge is 0.365 e. The lowest BCUT2D eigenvalue weighted by Gasteiger charge is -2.08. The van der Waals surface area contributed by atoms with Crippen molar-refractivity contribution in [2.24, 2.45) is 0 Å². The van der Waals surface area contributed by atoms with E-state index in [0.717, 1.165) is 27.6 Å². The van der Waals surface area contributed by atoms with Crippen molar-refractivity contribution in [3.8, 4) is 10.6 Å². The number of hydrogen-bond donors (Lipinski definition) is 1. The summed E-state index contributed by atoms with van der Waals surface area (Å²) in [7, 11) is 0. The van der Waals surface area contributed by atoms with Gasteiger partial charge in [0.05, 0.1) is 11.1 Å². The van der Waals surface area contributed by atoms with E-state index in [2.05, 4.69) is 15.3 Å². The molecule has 0 radical (unpaired) electrons. The molecule has 0 bridgehead atoms. The predicted molar refractivity (Wildman–Crippen MR) is 90.0 cm³/mol. The van der Waals surface area contributed by atoms with Crippen molar-refractivity contribution in [3.05, 3.63) is 71.7 Å². The average Bonchev–Trinajstić information content (AvgIpc) is 3.22. The molecular weight excluding hydrogens is 311 g/mol. The van der Waals surface area contributed by atoms with Crippen molar-refractivity contribution in [1.82, 2.24) is 14.4 Å². The molecule has 0 aliphatic carbocycles. The third-order valence-corrected chi connectivity index (χ3v) is 4.43. The Balaban J connectivity index is 1.72. The molecule has 4 aromatic rings. The van der Waals surface area contributed by atoms with Gasteiger partial charge in [-0.2, -0.15) is 0 Å². The summed E-state index contributed by atoms with van der Waals surface area (Å²) in [6, 6.07) is 10.5. The highest BCUT2D eigenvalue weighted by molar-refractivity contribution is 7.13. The maximum atomic E-state index is 13.0. The predicted octanol–water partition coefficient (Wildman–Crippen LogP) is 4.21. The number of nitrogens with one attached hydrogen (secondary N) is 1. The van der Waals surface area contributed by atoms with E-state index in [-0.39, 0.29) is 5.82 Å². The monoisotopic (exact) mass is 324 g/mol. The van der Waals surface area contributed by atoms with Crippen molar-refractivity contribution in [2.45, 2.75) is 6.54 Å². The van der Waals surface area contributed by atoms with Gasteiger partial charge in [0.25, 0.3) is 0 Å². The number of aromatic nitrogens is 3. The van der Waals surface area contributed by atoms with Crippen molar-refractivity contribution in [2.75, 3.05) is 5.32 Å². The van der Waals surface area contributed by atoms with Gasteiger partial charge in [-0.1, -0.05) is 18.2 Å². The first kappa shape index (κ1) is 13.9. The molecule has 114 valence electrons. The Morgan fingerprint density at radius 2 is 2.04 bits per heavy atom. The molecule has 0 amide bonds. The number of hydrogen-bond acceptors (Lipinski definition) is 4. The van der Waals surface area contributed by atoms with Gasteiger partial charge in [0.1, 0.15) is 17.3 Å². The number of thiophene rings is 1. The lowest BCUT2D eigenvalue weighted by Crippen LogP contribution is -2.03. The topological polar surface area (TPSA) is 42.2 Å². The summed E-state index contributed by atoms with van der Waals surface area (Å²) in [5.74, 6) is 0.683. The summed E-state index contributed by atoms with van der Waals surface area (Å²) < 4.78 is 15.0. The Hall–Kier alpha value is -2.73. The highest BCUT2D eigenvalue weighted by atomic mass is 32.1. The minimum atomic E-state index is -0.228. The minimum absolute atomic E-state index is 0.228. The summed E-state index contributed by atoms with van der Waals surface area (Å²) in [4.78, 5) is 9.89. The fraction of sp³-hybridized carbons (Fsp3) is 0.0588. The van der Waals surface area contributed by atoms with Gasteiger partial charge in [-0.25, -0.2) is 9.37 Å². The Labute approximate surface area is 136 Å². The van der Waals surface area contributed by atoms with Crippen molar-refractivity contribution in [1.29, 1.82) is 0 Å². The van der Waals surface area contributed by atoms with E-state index in [1.165, 1.54) is 12.1 Å². The molecule has 1 aromatic carbocycles. The SMILES string of the molecule is Fc1ccc(CNc2c(-c3cccs3)nc3cnccn23)cc1. The molecule has 3 heterocycles. The fourth-order valence-corrected chi connectivity index (χ4v) is 3.16. The lowest BCUT2D eigenvalue weighted by molar-refractivity contribution is 0.627. The Morgan fingerprint density at radius 3 is 2.83 bits per heavy atom. The summed E-state index contributed by atoms with van der Waals surface area (Å²) in [6.07, 6.45) is 5.35. The van der Waals surface area contributed by atoms with Crippen LogP contribution in [0.2, 0.25) is 0 Å². The van der Waals surface area contributed by atoms with Crippen LogP contribution in [0.25, 0.3) is 16.2 Å². The van der Waals surface area contributed by atoms with E-state index in [1.54, 1.807) is 35.9 Å². The number of nitrogens with zero attached hydrogens (tertiary/aromatic N) is 3. The van der Waals surface area contributed by atoms with E-state index in [9.17, 15) is 4.39 Å². The maximum Gasteiger partial charge on any atom is 0.157 e. The molecule has 23 heavy (non-hydrogen) atoms. The van der Waals surface area contributed by atoms with Crippen LogP contribution in [0.1, 0.15) is 5.56 Å². The van der Waals surface area contributed by atoms with Crippen molar-refractivity contribution < 1.29 is 4.39 Å². The van der Waals surface area contributed by atoms with Crippen molar-refractivity contribution >= 4 is 22.8 Å². The number of rotatable bonds is 4. The van der Waals surface area contributed by atoms with Gasteiger partial charge in [0.2, 0.25) is 0 Å². The fourth-order valence-electron chi connectivity index (χ4n) is 2.45. The first-order valence-electron chi connectivity index (χ1n) is 7.15. The molecule has 4 rings (SSSR count). The van der Waals surface area contributed by atoms with E-state index < -0.39 is 0 Å². The normalized spacial score (nSPS) is 11.0. The molecule has 4 nitrogen and oxygen atoms in total. The van der Waals surface area contributed by atoms with Crippen LogP contribution in [-0.4, -0.2) is 14.4 Å². The summed E-state index contributed by atoms with van der Waals surface area (Å²) >= 11 is 1.64. The molecule has 1 N–H and O–H groups in total. The highest BCUT2D eigenvalue weighted by Crippen LogP contribution is 2.31. The Morgan fingerprint density at radius 1 is 1.17 bits per heavy atom. The maximum absolute atomic E-state index is 13.0. The van der Waals surface area contributed by atoms with Crippen LogP contribution in [0.5, 0.6) is 0 Å². The van der Waals surface area contributed by atoms with Crippen molar-refractivity contribution in [3.63, 3.8) is 0 Å².